The molecule has 26 heavy (non-hydrogen) atoms. The second kappa shape index (κ2) is 7.38. The molecule has 0 unspecified atom stereocenters. The summed E-state index contributed by atoms with van der Waals surface area (Å²) in [5, 5.41) is 13.6. The maximum atomic E-state index is 13.1. The number of anilines is 1. The van der Waals surface area contributed by atoms with E-state index in [4.69, 9.17) is 0 Å². The lowest BCUT2D eigenvalue weighted by atomic mass is 10.1. The standard InChI is InChI=1S/C16H11F5N2O3/c17-9-3-8(4-10(18)5-9)14(25)23-11-1-2-12(13(24)6-11)15(26)22-7-16(19,20)21/h1-6,24H,7H2,(H,22,26)(H,23,25). The Bertz CT molecular complexity index is 832. The molecule has 2 rings (SSSR count). The molecule has 2 amide bonds. The Morgan fingerprint density at radius 1 is 0.962 bits per heavy atom. The van der Waals surface area contributed by atoms with Crippen molar-refractivity contribution in [1.29, 1.82) is 0 Å². The molecule has 0 aromatic heterocycles. The summed E-state index contributed by atoms with van der Waals surface area (Å²) in [7, 11) is 0. The average Bonchev–Trinajstić information content (AvgIpc) is 2.51. The molecule has 0 saturated carbocycles. The Kier molecular flexibility index (Phi) is 5.44. The molecule has 0 fully saturated rings. The molecule has 10 heteroatoms. The number of nitrogens with one attached hydrogen (secondary N) is 2. The quantitative estimate of drug-likeness (QED) is 0.719. The second-order valence-corrected chi connectivity index (χ2v) is 5.14. The van der Waals surface area contributed by atoms with E-state index in [0.29, 0.717) is 6.07 Å². The number of carbonyl (C=O) groups excluding carboxylic acids is 2. The van der Waals surface area contributed by atoms with Gasteiger partial charge in [-0.2, -0.15) is 13.2 Å². The van der Waals surface area contributed by atoms with E-state index in [1.807, 2.05) is 0 Å². The lowest BCUT2D eigenvalue weighted by Crippen LogP contribution is -2.33. The van der Waals surface area contributed by atoms with Crippen LogP contribution in [0.2, 0.25) is 0 Å². The van der Waals surface area contributed by atoms with Crippen LogP contribution in [0.3, 0.4) is 0 Å². The summed E-state index contributed by atoms with van der Waals surface area (Å²) < 4.78 is 62.4. The van der Waals surface area contributed by atoms with Crippen molar-refractivity contribution >= 4 is 17.5 Å². The van der Waals surface area contributed by atoms with Gasteiger partial charge in [-0.3, -0.25) is 9.59 Å². The lowest BCUT2D eigenvalue weighted by Gasteiger charge is -2.11. The van der Waals surface area contributed by atoms with Crippen LogP contribution >= 0.6 is 0 Å². The number of halogens is 5. The van der Waals surface area contributed by atoms with Gasteiger partial charge in [0, 0.05) is 23.4 Å². The minimum atomic E-state index is -4.61. The van der Waals surface area contributed by atoms with Crippen LogP contribution in [0.5, 0.6) is 5.75 Å². The van der Waals surface area contributed by atoms with E-state index >= 15 is 0 Å². The van der Waals surface area contributed by atoms with Gasteiger partial charge in [0.25, 0.3) is 11.8 Å². The third-order valence-electron chi connectivity index (χ3n) is 3.07. The summed E-state index contributed by atoms with van der Waals surface area (Å²) in [6, 6.07) is 5.19. The smallest absolute Gasteiger partial charge is 0.405 e. The van der Waals surface area contributed by atoms with E-state index in [1.54, 1.807) is 5.32 Å². The van der Waals surface area contributed by atoms with Gasteiger partial charge in [-0.15, -0.1) is 0 Å². The minimum Gasteiger partial charge on any atom is -0.507 e. The number of phenolic OH excluding ortho intramolecular Hbond substituents is 1. The first-order valence-electron chi connectivity index (χ1n) is 7.00. The number of amides is 2. The summed E-state index contributed by atoms with van der Waals surface area (Å²) in [5.74, 6) is -4.67. The van der Waals surface area contributed by atoms with Crippen molar-refractivity contribution in [3.63, 3.8) is 0 Å². The Balaban J connectivity index is 2.11. The van der Waals surface area contributed by atoms with Crippen molar-refractivity contribution in [1.82, 2.24) is 5.32 Å². The topological polar surface area (TPSA) is 78.4 Å². The summed E-state index contributed by atoms with van der Waals surface area (Å²) >= 11 is 0. The van der Waals surface area contributed by atoms with Gasteiger partial charge in [-0.1, -0.05) is 0 Å². The van der Waals surface area contributed by atoms with Crippen LogP contribution in [0.1, 0.15) is 20.7 Å². The molecule has 2 aromatic carbocycles. The number of benzene rings is 2. The van der Waals surface area contributed by atoms with Crippen molar-refractivity contribution in [2.45, 2.75) is 6.18 Å². The van der Waals surface area contributed by atoms with Gasteiger partial charge in [-0.25, -0.2) is 8.78 Å². The SMILES string of the molecule is O=C(Nc1ccc(C(=O)NCC(F)(F)F)c(O)c1)c1cc(F)cc(F)c1. The van der Waals surface area contributed by atoms with Gasteiger partial charge in [0.2, 0.25) is 0 Å². The number of carbonyl (C=O) groups is 2. The van der Waals surface area contributed by atoms with E-state index in [-0.39, 0.29) is 11.3 Å². The maximum absolute atomic E-state index is 13.1. The van der Waals surface area contributed by atoms with E-state index < -0.39 is 47.5 Å². The molecule has 0 aliphatic carbocycles. The van der Waals surface area contributed by atoms with Gasteiger partial charge in [-0.05, 0) is 24.3 Å². The molecular formula is C16H11F5N2O3. The monoisotopic (exact) mass is 374 g/mol. The first kappa shape index (κ1) is 19.2. The zero-order chi connectivity index (χ0) is 19.5. The third kappa shape index (κ3) is 5.16. The highest BCUT2D eigenvalue weighted by atomic mass is 19.4. The van der Waals surface area contributed by atoms with Crippen LogP contribution in [0, 0.1) is 11.6 Å². The molecule has 3 N–H and O–H groups in total. The van der Waals surface area contributed by atoms with Crippen molar-refractivity contribution in [2.24, 2.45) is 0 Å². The normalized spacial score (nSPS) is 11.1. The average molecular weight is 374 g/mol. The van der Waals surface area contributed by atoms with E-state index in [2.05, 4.69) is 5.32 Å². The molecule has 0 aliphatic rings. The molecular weight excluding hydrogens is 363 g/mol. The molecule has 138 valence electrons. The van der Waals surface area contributed by atoms with Crippen LogP contribution in [0.4, 0.5) is 27.6 Å². The molecule has 0 radical (unpaired) electrons. The number of rotatable bonds is 4. The number of phenols is 1. The molecule has 0 aliphatic heterocycles. The Morgan fingerprint density at radius 2 is 1.58 bits per heavy atom. The third-order valence-corrected chi connectivity index (χ3v) is 3.07. The van der Waals surface area contributed by atoms with Crippen molar-refractivity contribution in [3.05, 3.63) is 59.2 Å². The van der Waals surface area contributed by atoms with Crippen molar-refractivity contribution in [2.75, 3.05) is 11.9 Å². The predicted octanol–water partition coefficient (Wildman–Crippen LogP) is 3.21. The van der Waals surface area contributed by atoms with Crippen LogP contribution in [-0.2, 0) is 0 Å². The van der Waals surface area contributed by atoms with Crippen LogP contribution in [0.25, 0.3) is 0 Å². The largest absolute Gasteiger partial charge is 0.507 e. The minimum absolute atomic E-state index is 0.0375. The van der Waals surface area contributed by atoms with E-state index in [9.17, 15) is 36.6 Å². The van der Waals surface area contributed by atoms with Gasteiger partial charge in [0.1, 0.15) is 23.9 Å². The highest BCUT2D eigenvalue weighted by molar-refractivity contribution is 6.05. The van der Waals surface area contributed by atoms with Crippen LogP contribution in [0.15, 0.2) is 36.4 Å². The number of hydrogen-bond acceptors (Lipinski definition) is 3. The fourth-order valence-corrected chi connectivity index (χ4v) is 1.97. The fourth-order valence-electron chi connectivity index (χ4n) is 1.97. The number of hydrogen-bond donors (Lipinski definition) is 3. The highest BCUT2D eigenvalue weighted by Gasteiger charge is 2.28. The molecule has 0 atom stereocenters. The number of alkyl halides is 3. The van der Waals surface area contributed by atoms with Gasteiger partial charge >= 0.3 is 6.18 Å². The van der Waals surface area contributed by atoms with Crippen LogP contribution < -0.4 is 10.6 Å². The summed E-state index contributed by atoms with van der Waals surface area (Å²) in [6.07, 6.45) is -4.61. The molecule has 0 bridgehead atoms. The Labute approximate surface area is 143 Å². The summed E-state index contributed by atoms with van der Waals surface area (Å²) in [4.78, 5) is 23.5. The van der Waals surface area contributed by atoms with E-state index in [0.717, 1.165) is 30.3 Å². The van der Waals surface area contributed by atoms with Gasteiger partial charge in [0.15, 0.2) is 0 Å². The molecule has 2 aromatic rings. The van der Waals surface area contributed by atoms with Crippen LogP contribution in [-0.4, -0.2) is 29.6 Å². The molecule has 5 nitrogen and oxygen atoms in total. The summed E-state index contributed by atoms with van der Waals surface area (Å²) in [6.45, 7) is -1.57. The lowest BCUT2D eigenvalue weighted by molar-refractivity contribution is -0.123. The number of aromatic hydroxyl groups is 1. The highest BCUT2D eigenvalue weighted by Crippen LogP contribution is 2.23. The van der Waals surface area contributed by atoms with Crippen molar-refractivity contribution < 1.29 is 36.6 Å². The first-order chi connectivity index (χ1) is 12.0. The zero-order valence-corrected chi connectivity index (χ0v) is 12.8. The first-order valence-corrected chi connectivity index (χ1v) is 7.00. The molecule has 0 spiro atoms. The molecule has 0 saturated heterocycles. The van der Waals surface area contributed by atoms with Crippen molar-refractivity contribution in [3.8, 4) is 5.75 Å². The summed E-state index contributed by atoms with van der Waals surface area (Å²) in [5.41, 5.74) is -0.803. The predicted molar refractivity (Wildman–Crippen MR) is 80.8 cm³/mol. The molecule has 0 heterocycles. The maximum Gasteiger partial charge on any atom is 0.405 e. The Morgan fingerprint density at radius 3 is 2.12 bits per heavy atom. The Hall–Kier alpha value is -3.17. The fraction of sp³-hybridized carbons (Fsp3) is 0.125. The zero-order valence-electron chi connectivity index (χ0n) is 12.8. The van der Waals surface area contributed by atoms with E-state index in [1.165, 1.54) is 0 Å². The van der Waals surface area contributed by atoms with Gasteiger partial charge < -0.3 is 15.7 Å². The van der Waals surface area contributed by atoms with Gasteiger partial charge in [0.05, 0.1) is 5.56 Å². The second-order valence-electron chi connectivity index (χ2n) is 5.14.